The van der Waals surface area contributed by atoms with Crippen molar-refractivity contribution in [3.05, 3.63) is 0 Å². The zero-order chi connectivity index (χ0) is 8.77. The quantitative estimate of drug-likeness (QED) is 0.588. The Kier molecular flexibility index (Phi) is 1.92. The molecule has 2 heterocycles. The molecule has 0 bridgehead atoms. The van der Waals surface area contributed by atoms with Crippen LogP contribution in [0.2, 0.25) is 0 Å². The third-order valence-corrected chi connectivity index (χ3v) is 3.32. The Morgan fingerprint density at radius 3 is 2.83 bits per heavy atom. The Labute approximate surface area is 75.3 Å². The Bertz CT molecular complexity index is 177. The Morgan fingerprint density at radius 2 is 2.17 bits per heavy atom. The highest BCUT2D eigenvalue weighted by molar-refractivity contribution is 4.97. The summed E-state index contributed by atoms with van der Waals surface area (Å²) in [5.41, 5.74) is 0.369. The smallest absolute Gasteiger partial charge is 0.0628 e. The molecule has 2 rings (SSSR count). The fraction of sp³-hybridized carbons (Fsp3) is 1.00. The lowest BCUT2D eigenvalue weighted by atomic mass is 9.90. The standard InChI is InChI=1S/C10H20N2/c1-10(2)7-8-5-4-6-12(3)9(8)11-10/h8-9,11H,4-7H2,1-3H3. The van der Waals surface area contributed by atoms with Gasteiger partial charge < -0.3 is 0 Å². The fourth-order valence-electron chi connectivity index (χ4n) is 2.82. The first kappa shape index (κ1) is 8.52. The maximum absolute atomic E-state index is 3.71. The molecule has 1 N–H and O–H groups in total. The van der Waals surface area contributed by atoms with Crippen LogP contribution in [-0.4, -0.2) is 30.2 Å². The maximum atomic E-state index is 3.71. The Hall–Kier alpha value is -0.0800. The first-order valence-corrected chi connectivity index (χ1v) is 5.06. The second-order valence-corrected chi connectivity index (χ2v) is 5.06. The van der Waals surface area contributed by atoms with E-state index in [1.54, 1.807) is 0 Å². The molecule has 2 nitrogen and oxygen atoms in total. The van der Waals surface area contributed by atoms with Crippen molar-refractivity contribution in [2.24, 2.45) is 5.92 Å². The van der Waals surface area contributed by atoms with Gasteiger partial charge in [-0.2, -0.15) is 0 Å². The van der Waals surface area contributed by atoms with E-state index in [4.69, 9.17) is 0 Å². The van der Waals surface area contributed by atoms with Gasteiger partial charge in [0.05, 0.1) is 6.17 Å². The monoisotopic (exact) mass is 168 g/mol. The summed E-state index contributed by atoms with van der Waals surface area (Å²) in [5.74, 6) is 0.902. The van der Waals surface area contributed by atoms with Gasteiger partial charge in [0.25, 0.3) is 0 Å². The molecule has 0 aromatic rings. The van der Waals surface area contributed by atoms with Gasteiger partial charge in [-0.05, 0) is 52.6 Å². The molecule has 0 saturated carbocycles. The third kappa shape index (κ3) is 1.38. The van der Waals surface area contributed by atoms with Crippen LogP contribution in [0.15, 0.2) is 0 Å². The van der Waals surface area contributed by atoms with Crippen molar-refractivity contribution in [2.75, 3.05) is 13.6 Å². The van der Waals surface area contributed by atoms with E-state index in [1.165, 1.54) is 25.8 Å². The third-order valence-electron chi connectivity index (χ3n) is 3.32. The van der Waals surface area contributed by atoms with E-state index < -0.39 is 0 Å². The SMILES string of the molecule is CN1CCCC2CC(C)(C)NC21. The van der Waals surface area contributed by atoms with Crippen LogP contribution in [0.1, 0.15) is 33.1 Å². The molecule has 0 radical (unpaired) electrons. The summed E-state index contributed by atoms with van der Waals surface area (Å²) in [7, 11) is 2.24. The summed E-state index contributed by atoms with van der Waals surface area (Å²) in [6, 6.07) is 0. The van der Waals surface area contributed by atoms with Gasteiger partial charge in [-0.25, -0.2) is 0 Å². The number of nitrogens with one attached hydrogen (secondary N) is 1. The van der Waals surface area contributed by atoms with E-state index in [-0.39, 0.29) is 0 Å². The molecule has 2 fully saturated rings. The molecule has 0 amide bonds. The van der Waals surface area contributed by atoms with Gasteiger partial charge in [0.15, 0.2) is 0 Å². The minimum absolute atomic E-state index is 0.369. The minimum Gasteiger partial charge on any atom is -0.296 e. The van der Waals surface area contributed by atoms with Crippen LogP contribution >= 0.6 is 0 Å². The van der Waals surface area contributed by atoms with E-state index in [9.17, 15) is 0 Å². The highest BCUT2D eigenvalue weighted by Gasteiger charge is 2.41. The summed E-state index contributed by atoms with van der Waals surface area (Å²) in [4.78, 5) is 2.48. The first-order chi connectivity index (χ1) is 5.58. The highest BCUT2D eigenvalue weighted by Crippen LogP contribution is 2.35. The predicted octanol–water partition coefficient (Wildman–Crippen LogP) is 1.43. The van der Waals surface area contributed by atoms with Crippen molar-refractivity contribution in [1.82, 2.24) is 10.2 Å². The molecular weight excluding hydrogens is 148 g/mol. The number of rotatable bonds is 0. The molecule has 0 aromatic carbocycles. The van der Waals surface area contributed by atoms with Crippen molar-refractivity contribution < 1.29 is 0 Å². The molecule has 2 saturated heterocycles. The molecular formula is C10H20N2. The summed E-state index contributed by atoms with van der Waals surface area (Å²) < 4.78 is 0. The van der Waals surface area contributed by atoms with Crippen molar-refractivity contribution in [3.63, 3.8) is 0 Å². The average molecular weight is 168 g/mol. The Morgan fingerprint density at radius 1 is 1.42 bits per heavy atom. The molecule has 0 aliphatic carbocycles. The summed E-state index contributed by atoms with van der Waals surface area (Å²) in [6.45, 7) is 5.91. The van der Waals surface area contributed by atoms with E-state index in [1.807, 2.05) is 0 Å². The molecule has 12 heavy (non-hydrogen) atoms. The average Bonchev–Trinajstić information content (AvgIpc) is 2.25. The number of fused-ring (bicyclic) bond motifs is 1. The number of hydrogen-bond donors (Lipinski definition) is 1. The Balaban J connectivity index is 2.09. The zero-order valence-electron chi connectivity index (χ0n) is 8.43. The van der Waals surface area contributed by atoms with Crippen LogP contribution in [0.25, 0.3) is 0 Å². The van der Waals surface area contributed by atoms with Crippen molar-refractivity contribution in [1.29, 1.82) is 0 Å². The molecule has 2 unspecified atom stereocenters. The lowest BCUT2D eigenvalue weighted by Gasteiger charge is -2.34. The molecule has 0 aromatic heterocycles. The minimum atomic E-state index is 0.369. The second kappa shape index (κ2) is 2.71. The van der Waals surface area contributed by atoms with E-state index in [2.05, 4.69) is 31.1 Å². The normalized spacial score (nSPS) is 41.2. The van der Waals surface area contributed by atoms with Crippen LogP contribution in [0.4, 0.5) is 0 Å². The van der Waals surface area contributed by atoms with Crippen molar-refractivity contribution in [2.45, 2.75) is 44.8 Å². The molecule has 2 aliphatic rings. The van der Waals surface area contributed by atoms with Crippen molar-refractivity contribution >= 4 is 0 Å². The zero-order valence-corrected chi connectivity index (χ0v) is 8.43. The van der Waals surface area contributed by atoms with Gasteiger partial charge in [-0.3, -0.25) is 10.2 Å². The molecule has 2 atom stereocenters. The molecule has 2 heteroatoms. The number of likely N-dealkylation sites (tertiary alicyclic amines) is 1. The van der Waals surface area contributed by atoms with E-state index in [0.717, 1.165) is 5.92 Å². The van der Waals surface area contributed by atoms with Crippen LogP contribution in [0, 0.1) is 5.92 Å². The van der Waals surface area contributed by atoms with Gasteiger partial charge >= 0.3 is 0 Å². The van der Waals surface area contributed by atoms with Gasteiger partial charge in [0.1, 0.15) is 0 Å². The summed E-state index contributed by atoms with van der Waals surface area (Å²) >= 11 is 0. The van der Waals surface area contributed by atoms with Crippen molar-refractivity contribution in [3.8, 4) is 0 Å². The predicted molar refractivity (Wildman–Crippen MR) is 51.0 cm³/mol. The summed E-state index contributed by atoms with van der Waals surface area (Å²) in [6.07, 6.45) is 4.82. The number of piperidine rings is 1. The van der Waals surface area contributed by atoms with Gasteiger partial charge in [-0.1, -0.05) is 0 Å². The molecule has 0 spiro atoms. The molecule has 70 valence electrons. The van der Waals surface area contributed by atoms with Crippen LogP contribution in [-0.2, 0) is 0 Å². The van der Waals surface area contributed by atoms with Crippen LogP contribution in [0.3, 0.4) is 0 Å². The van der Waals surface area contributed by atoms with Gasteiger partial charge in [0, 0.05) is 5.54 Å². The topological polar surface area (TPSA) is 15.3 Å². The van der Waals surface area contributed by atoms with Gasteiger partial charge in [0.2, 0.25) is 0 Å². The first-order valence-electron chi connectivity index (χ1n) is 5.06. The lowest BCUT2D eigenvalue weighted by molar-refractivity contribution is 0.126. The fourth-order valence-corrected chi connectivity index (χ4v) is 2.82. The largest absolute Gasteiger partial charge is 0.296 e. The lowest BCUT2D eigenvalue weighted by Crippen LogP contribution is -2.49. The number of hydrogen-bond acceptors (Lipinski definition) is 2. The van der Waals surface area contributed by atoms with E-state index >= 15 is 0 Å². The maximum Gasteiger partial charge on any atom is 0.0628 e. The highest BCUT2D eigenvalue weighted by atomic mass is 15.3. The summed E-state index contributed by atoms with van der Waals surface area (Å²) in [5, 5.41) is 3.71. The number of nitrogens with zero attached hydrogens (tertiary/aromatic N) is 1. The van der Waals surface area contributed by atoms with Crippen LogP contribution < -0.4 is 5.32 Å². The molecule has 2 aliphatic heterocycles. The second-order valence-electron chi connectivity index (χ2n) is 5.06. The van der Waals surface area contributed by atoms with E-state index in [0.29, 0.717) is 11.7 Å². The van der Waals surface area contributed by atoms with Crippen LogP contribution in [0.5, 0.6) is 0 Å². The van der Waals surface area contributed by atoms with Gasteiger partial charge in [-0.15, -0.1) is 0 Å².